The molecule has 5 nitrogen and oxygen atoms in total. The molecule has 1 aromatic heterocycles. The number of amides is 1. The van der Waals surface area contributed by atoms with Gasteiger partial charge in [-0.2, -0.15) is 0 Å². The average molecular weight is 313 g/mol. The number of aryl methyl sites for hydroxylation is 1. The first kappa shape index (κ1) is 17.4. The predicted octanol–water partition coefficient (Wildman–Crippen LogP) is 2.76. The van der Waals surface area contributed by atoms with Gasteiger partial charge in [0.25, 0.3) is 5.91 Å². The summed E-state index contributed by atoms with van der Waals surface area (Å²) in [4.78, 5) is 27.3. The molecule has 0 saturated heterocycles. The van der Waals surface area contributed by atoms with Crippen LogP contribution >= 0.6 is 11.6 Å². The highest BCUT2D eigenvalue weighted by atomic mass is 35.5. The molecule has 0 aromatic carbocycles. The van der Waals surface area contributed by atoms with Crippen molar-refractivity contribution in [2.24, 2.45) is 0 Å². The molecular formula is C15H21ClN2O3. The quantitative estimate of drug-likeness (QED) is 0.455. The van der Waals surface area contributed by atoms with E-state index in [4.69, 9.17) is 16.3 Å². The Labute approximate surface area is 130 Å². The smallest absolute Gasteiger partial charge is 0.305 e. The molecule has 116 valence electrons. The Morgan fingerprint density at radius 1 is 1.33 bits per heavy atom. The fraction of sp³-hybridized carbons (Fsp3) is 0.533. The van der Waals surface area contributed by atoms with E-state index in [-0.39, 0.29) is 11.9 Å². The van der Waals surface area contributed by atoms with Gasteiger partial charge < -0.3 is 10.1 Å². The Morgan fingerprint density at radius 3 is 2.76 bits per heavy atom. The third kappa shape index (κ3) is 6.58. The van der Waals surface area contributed by atoms with Crippen molar-refractivity contribution in [2.45, 2.75) is 39.5 Å². The highest BCUT2D eigenvalue weighted by Gasteiger charge is 2.09. The van der Waals surface area contributed by atoms with Gasteiger partial charge in [-0.05, 0) is 31.9 Å². The van der Waals surface area contributed by atoms with E-state index in [1.807, 2.05) is 6.92 Å². The number of carbonyl (C=O) groups excluding carboxylic acids is 2. The first-order valence-electron chi connectivity index (χ1n) is 7.17. The van der Waals surface area contributed by atoms with Gasteiger partial charge in [-0.3, -0.25) is 9.59 Å². The van der Waals surface area contributed by atoms with E-state index in [9.17, 15) is 9.59 Å². The molecule has 0 aliphatic rings. The average Bonchev–Trinajstić information content (AvgIpc) is 2.43. The molecule has 1 rings (SSSR count). The molecule has 1 N–H and O–H groups in total. The van der Waals surface area contributed by atoms with E-state index < -0.39 is 0 Å². The van der Waals surface area contributed by atoms with E-state index in [0.29, 0.717) is 36.7 Å². The van der Waals surface area contributed by atoms with Crippen LogP contribution in [-0.4, -0.2) is 30.0 Å². The molecule has 1 heterocycles. The van der Waals surface area contributed by atoms with Gasteiger partial charge in [-0.15, -0.1) is 0 Å². The summed E-state index contributed by atoms with van der Waals surface area (Å²) in [6.07, 6.45) is 2.56. The number of hydrogen-bond acceptors (Lipinski definition) is 4. The summed E-state index contributed by atoms with van der Waals surface area (Å²) >= 11 is 5.92. The van der Waals surface area contributed by atoms with Crippen molar-refractivity contribution >= 4 is 23.5 Å². The Balaban J connectivity index is 2.46. The molecule has 0 saturated carbocycles. The first-order chi connectivity index (χ1) is 10.1. The van der Waals surface area contributed by atoms with Crippen LogP contribution in [0.1, 0.15) is 49.2 Å². The van der Waals surface area contributed by atoms with E-state index in [0.717, 1.165) is 18.5 Å². The second-order valence-electron chi connectivity index (χ2n) is 4.58. The van der Waals surface area contributed by atoms with Gasteiger partial charge in [0.2, 0.25) is 0 Å². The Morgan fingerprint density at radius 2 is 2.10 bits per heavy atom. The molecule has 0 bridgehead atoms. The number of aromatic nitrogens is 1. The van der Waals surface area contributed by atoms with Crippen LogP contribution in [0.4, 0.5) is 0 Å². The summed E-state index contributed by atoms with van der Waals surface area (Å²) in [6, 6.07) is 3.29. The van der Waals surface area contributed by atoms with Crippen LogP contribution in [0.15, 0.2) is 12.1 Å². The van der Waals surface area contributed by atoms with Crippen LogP contribution in [0.5, 0.6) is 0 Å². The summed E-state index contributed by atoms with van der Waals surface area (Å²) < 4.78 is 4.81. The largest absolute Gasteiger partial charge is 0.466 e. The van der Waals surface area contributed by atoms with Gasteiger partial charge in [0.1, 0.15) is 5.15 Å². The first-order valence-corrected chi connectivity index (χ1v) is 7.54. The third-order valence-electron chi connectivity index (χ3n) is 2.76. The minimum absolute atomic E-state index is 0.208. The molecule has 0 aliphatic heterocycles. The molecule has 0 unspecified atom stereocenters. The van der Waals surface area contributed by atoms with E-state index in [1.54, 1.807) is 19.1 Å². The van der Waals surface area contributed by atoms with Crippen LogP contribution in [-0.2, 0) is 16.0 Å². The number of rotatable bonds is 8. The van der Waals surface area contributed by atoms with Crippen LogP contribution in [0, 0.1) is 0 Å². The molecule has 0 radical (unpaired) electrons. The molecule has 0 atom stereocenters. The van der Waals surface area contributed by atoms with Crippen molar-refractivity contribution in [3.05, 3.63) is 28.5 Å². The lowest BCUT2D eigenvalue weighted by molar-refractivity contribution is -0.143. The highest BCUT2D eigenvalue weighted by Crippen LogP contribution is 2.12. The third-order valence-corrected chi connectivity index (χ3v) is 2.96. The number of carbonyl (C=O) groups is 2. The fourth-order valence-electron chi connectivity index (χ4n) is 1.84. The van der Waals surface area contributed by atoms with E-state index >= 15 is 0 Å². The molecule has 21 heavy (non-hydrogen) atoms. The molecule has 0 spiro atoms. The molecule has 6 heteroatoms. The number of nitrogens with zero attached hydrogens (tertiary/aromatic N) is 1. The van der Waals surface area contributed by atoms with Gasteiger partial charge in [-0.25, -0.2) is 4.98 Å². The lowest BCUT2D eigenvalue weighted by atomic mass is 10.1. The second-order valence-corrected chi connectivity index (χ2v) is 4.97. The SMILES string of the molecule is CCCc1cc(C(=O)NCCCC(=O)OCC)cc(Cl)n1. The Bertz CT molecular complexity index is 492. The minimum Gasteiger partial charge on any atom is -0.466 e. The maximum atomic E-state index is 12.0. The summed E-state index contributed by atoms with van der Waals surface area (Å²) in [6.45, 7) is 4.60. The van der Waals surface area contributed by atoms with E-state index in [1.165, 1.54) is 0 Å². The molecule has 1 aromatic rings. The molecule has 0 aliphatic carbocycles. The number of esters is 1. The zero-order valence-corrected chi connectivity index (χ0v) is 13.2. The van der Waals surface area contributed by atoms with E-state index in [2.05, 4.69) is 10.3 Å². The van der Waals surface area contributed by atoms with Crippen molar-refractivity contribution in [1.82, 2.24) is 10.3 Å². The normalized spacial score (nSPS) is 10.2. The molecule has 1 amide bonds. The van der Waals surface area contributed by atoms with Crippen molar-refractivity contribution in [2.75, 3.05) is 13.2 Å². The zero-order valence-electron chi connectivity index (χ0n) is 12.4. The summed E-state index contributed by atoms with van der Waals surface area (Å²) in [7, 11) is 0. The lowest BCUT2D eigenvalue weighted by Crippen LogP contribution is -2.25. The van der Waals surface area contributed by atoms with Gasteiger partial charge in [0.15, 0.2) is 0 Å². The van der Waals surface area contributed by atoms with Gasteiger partial charge in [-0.1, -0.05) is 24.9 Å². The predicted molar refractivity (Wildman–Crippen MR) is 81.4 cm³/mol. The van der Waals surface area contributed by atoms with Crippen LogP contribution in [0.2, 0.25) is 5.15 Å². The van der Waals surface area contributed by atoms with Crippen LogP contribution in [0.25, 0.3) is 0 Å². The fourth-order valence-corrected chi connectivity index (χ4v) is 2.06. The zero-order chi connectivity index (χ0) is 15.7. The maximum absolute atomic E-state index is 12.0. The molecular weight excluding hydrogens is 292 g/mol. The van der Waals surface area contributed by atoms with Crippen molar-refractivity contribution < 1.29 is 14.3 Å². The number of pyridine rings is 1. The highest BCUT2D eigenvalue weighted by molar-refractivity contribution is 6.29. The minimum atomic E-state index is -0.246. The topological polar surface area (TPSA) is 68.3 Å². The van der Waals surface area contributed by atoms with Gasteiger partial charge in [0.05, 0.1) is 6.61 Å². The number of nitrogens with one attached hydrogen (secondary N) is 1. The van der Waals surface area contributed by atoms with Crippen molar-refractivity contribution in [1.29, 1.82) is 0 Å². The van der Waals surface area contributed by atoms with Gasteiger partial charge >= 0.3 is 5.97 Å². The monoisotopic (exact) mass is 312 g/mol. The Hall–Kier alpha value is -1.62. The summed E-state index contributed by atoms with van der Waals surface area (Å²) in [5.41, 5.74) is 1.30. The lowest BCUT2D eigenvalue weighted by Gasteiger charge is -2.07. The van der Waals surface area contributed by atoms with Crippen LogP contribution < -0.4 is 5.32 Å². The summed E-state index contributed by atoms with van der Waals surface area (Å²) in [5.74, 6) is -0.454. The second kappa shape index (κ2) is 9.34. The van der Waals surface area contributed by atoms with Gasteiger partial charge in [0, 0.05) is 24.2 Å². The standard InChI is InChI=1S/C15H21ClN2O3/c1-3-6-12-9-11(10-13(16)18-12)15(20)17-8-5-7-14(19)21-4-2/h9-10H,3-8H2,1-2H3,(H,17,20). The summed E-state index contributed by atoms with van der Waals surface area (Å²) in [5, 5.41) is 3.08. The van der Waals surface area contributed by atoms with Crippen molar-refractivity contribution in [3.63, 3.8) is 0 Å². The van der Waals surface area contributed by atoms with Crippen molar-refractivity contribution in [3.8, 4) is 0 Å². The van der Waals surface area contributed by atoms with Crippen LogP contribution in [0.3, 0.4) is 0 Å². The Kier molecular flexibility index (Phi) is 7.75. The number of ether oxygens (including phenoxy) is 1. The number of halogens is 1. The number of hydrogen-bond donors (Lipinski definition) is 1. The molecule has 0 fully saturated rings. The maximum Gasteiger partial charge on any atom is 0.305 e.